The Labute approximate surface area is 126 Å². The molecule has 22 heavy (non-hydrogen) atoms. The van der Waals surface area contributed by atoms with E-state index in [1.54, 1.807) is 18.2 Å². The number of rotatable bonds is 3. The van der Waals surface area contributed by atoms with Crippen molar-refractivity contribution >= 4 is 17.4 Å². The molecule has 0 radical (unpaired) electrons. The molecule has 0 fully saturated rings. The summed E-state index contributed by atoms with van der Waals surface area (Å²) in [6.07, 6.45) is -0.432. The molecule has 2 aromatic carbocycles. The van der Waals surface area contributed by atoms with E-state index in [-0.39, 0.29) is 5.56 Å². The number of carbonyl (C=O) groups excluding carboxylic acids is 2. The summed E-state index contributed by atoms with van der Waals surface area (Å²) in [6, 6.07) is 10.4. The van der Waals surface area contributed by atoms with E-state index in [0.717, 1.165) is 11.6 Å². The number of anilines is 1. The summed E-state index contributed by atoms with van der Waals surface area (Å²) in [5.74, 6) is -1.67. The number of amides is 1. The van der Waals surface area contributed by atoms with Crippen LogP contribution in [0.4, 0.5) is 10.1 Å². The van der Waals surface area contributed by atoms with Crippen molar-refractivity contribution in [3.05, 3.63) is 65.0 Å². The third-order valence-electron chi connectivity index (χ3n) is 3.81. The van der Waals surface area contributed by atoms with Crippen LogP contribution < -0.4 is 5.32 Å². The predicted octanol–water partition coefficient (Wildman–Crippen LogP) is 2.55. The molecule has 1 heterocycles. The van der Waals surface area contributed by atoms with Gasteiger partial charge in [0, 0.05) is 16.8 Å². The van der Waals surface area contributed by atoms with Gasteiger partial charge < -0.3 is 10.4 Å². The fraction of sp³-hybridized carbons (Fsp3) is 0.176. The average Bonchev–Trinajstić information content (AvgIpc) is 2.71. The molecule has 2 aromatic rings. The number of aryl methyl sites for hydroxylation is 1. The summed E-state index contributed by atoms with van der Waals surface area (Å²) < 4.78 is 13.2. The van der Waals surface area contributed by atoms with Crippen molar-refractivity contribution < 1.29 is 19.1 Å². The Morgan fingerprint density at radius 1 is 1.27 bits per heavy atom. The maximum atomic E-state index is 13.2. The molecule has 3 rings (SSSR count). The first kappa shape index (κ1) is 14.4. The van der Waals surface area contributed by atoms with Gasteiger partial charge in [-0.1, -0.05) is 29.8 Å². The third-order valence-corrected chi connectivity index (χ3v) is 3.81. The molecule has 5 heteroatoms. The van der Waals surface area contributed by atoms with E-state index >= 15 is 0 Å². The molecule has 2 N–H and O–H groups in total. The van der Waals surface area contributed by atoms with Crippen molar-refractivity contribution in [3.8, 4) is 0 Å². The summed E-state index contributed by atoms with van der Waals surface area (Å²) in [5, 5.41) is 13.3. The average molecular weight is 299 g/mol. The Morgan fingerprint density at radius 3 is 2.77 bits per heavy atom. The van der Waals surface area contributed by atoms with Crippen LogP contribution in [0.25, 0.3) is 0 Å². The number of hydrogen-bond donors (Lipinski definition) is 2. The van der Waals surface area contributed by atoms with Crippen molar-refractivity contribution in [2.75, 3.05) is 5.32 Å². The number of hydrogen-bond acceptors (Lipinski definition) is 3. The number of aliphatic hydroxyl groups is 1. The van der Waals surface area contributed by atoms with Crippen molar-refractivity contribution in [2.24, 2.45) is 0 Å². The minimum Gasteiger partial charge on any atom is -0.375 e. The van der Waals surface area contributed by atoms with Crippen molar-refractivity contribution in [3.63, 3.8) is 0 Å². The number of carbonyl (C=O) groups is 2. The van der Waals surface area contributed by atoms with E-state index in [1.807, 2.05) is 6.92 Å². The molecule has 4 nitrogen and oxygen atoms in total. The van der Waals surface area contributed by atoms with Gasteiger partial charge in [0.2, 0.25) is 0 Å². The van der Waals surface area contributed by atoms with Gasteiger partial charge in [-0.3, -0.25) is 9.59 Å². The van der Waals surface area contributed by atoms with Gasteiger partial charge in [-0.05, 0) is 25.1 Å². The molecule has 0 bridgehead atoms. The Hall–Kier alpha value is -2.53. The van der Waals surface area contributed by atoms with Crippen LogP contribution in [0.5, 0.6) is 0 Å². The van der Waals surface area contributed by atoms with Gasteiger partial charge >= 0.3 is 0 Å². The number of benzene rings is 2. The van der Waals surface area contributed by atoms with Gasteiger partial charge in [0.1, 0.15) is 5.82 Å². The lowest BCUT2D eigenvalue weighted by Crippen LogP contribution is -2.36. The quantitative estimate of drug-likeness (QED) is 0.856. The van der Waals surface area contributed by atoms with Crippen LogP contribution in [0.3, 0.4) is 0 Å². The number of Topliss-reactive ketones (excluding diaryl/α,β-unsaturated/α-hetero) is 1. The summed E-state index contributed by atoms with van der Waals surface area (Å²) in [6.45, 7) is 1.83. The first-order chi connectivity index (χ1) is 10.4. The van der Waals surface area contributed by atoms with Crippen LogP contribution in [-0.4, -0.2) is 16.8 Å². The van der Waals surface area contributed by atoms with E-state index in [1.165, 1.54) is 18.2 Å². The highest BCUT2D eigenvalue weighted by atomic mass is 19.1. The normalized spacial score (nSPS) is 19.7. The Kier molecular flexibility index (Phi) is 3.30. The molecule has 1 aliphatic heterocycles. The van der Waals surface area contributed by atoms with Crippen LogP contribution in [0.1, 0.15) is 27.9 Å². The van der Waals surface area contributed by atoms with E-state index in [9.17, 15) is 19.1 Å². The fourth-order valence-electron chi connectivity index (χ4n) is 2.63. The van der Waals surface area contributed by atoms with Gasteiger partial charge in [-0.15, -0.1) is 0 Å². The molecule has 1 amide bonds. The molecule has 0 aliphatic carbocycles. The van der Waals surface area contributed by atoms with Crippen molar-refractivity contribution in [1.29, 1.82) is 0 Å². The zero-order chi connectivity index (χ0) is 15.9. The van der Waals surface area contributed by atoms with Gasteiger partial charge in [-0.25, -0.2) is 4.39 Å². The SMILES string of the molecule is Cc1ccc2c(c1)[C@](O)(CC(=O)c1cccc(F)c1)C(=O)N2. The second-order valence-electron chi connectivity index (χ2n) is 5.47. The predicted molar refractivity (Wildman–Crippen MR) is 79.1 cm³/mol. The smallest absolute Gasteiger partial charge is 0.261 e. The van der Waals surface area contributed by atoms with E-state index in [2.05, 4.69) is 5.32 Å². The lowest BCUT2D eigenvalue weighted by molar-refractivity contribution is -0.133. The van der Waals surface area contributed by atoms with E-state index in [4.69, 9.17) is 0 Å². The van der Waals surface area contributed by atoms with E-state index < -0.39 is 29.5 Å². The highest BCUT2D eigenvalue weighted by molar-refractivity contribution is 6.09. The largest absolute Gasteiger partial charge is 0.375 e. The van der Waals surface area contributed by atoms with Gasteiger partial charge in [-0.2, -0.15) is 0 Å². The number of ketones is 1. The minimum atomic E-state index is -1.93. The maximum absolute atomic E-state index is 13.2. The molecule has 1 atom stereocenters. The number of halogens is 1. The molecule has 0 aromatic heterocycles. The maximum Gasteiger partial charge on any atom is 0.261 e. The highest BCUT2D eigenvalue weighted by Crippen LogP contribution is 2.39. The second kappa shape index (κ2) is 5.03. The van der Waals surface area contributed by atoms with Crippen LogP contribution in [0.15, 0.2) is 42.5 Å². The molecular weight excluding hydrogens is 285 g/mol. The number of nitrogens with one attached hydrogen (secondary N) is 1. The van der Waals surface area contributed by atoms with Crippen molar-refractivity contribution in [1.82, 2.24) is 0 Å². The standard InChI is InChI=1S/C17H14FNO3/c1-10-5-6-14-13(7-10)17(22,16(21)19-14)9-15(20)11-3-2-4-12(18)8-11/h2-8,22H,9H2,1H3,(H,19,21)/t17-/m1/s1. The minimum absolute atomic E-state index is 0.127. The molecule has 112 valence electrons. The zero-order valence-electron chi connectivity index (χ0n) is 11.9. The van der Waals surface area contributed by atoms with Crippen LogP contribution in [-0.2, 0) is 10.4 Å². The Morgan fingerprint density at radius 2 is 2.05 bits per heavy atom. The Balaban J connectivity index is 1.96. The molecule has 0 saturated heterocycles. The Bertz CT molecular complexity index is 787. The summed E-state index contributed by atoms with van der Waals surface area (Å²) in [7, 11) is 0. The summed E-state index contributed by atoms with van der Waals surface area (Å²) in [4.78, 5) is 24.4. The molecular formula is C17H14FNO3. The van der Waals surface area contributed by atoms with Gasteiger partial charge in [0.25, 0.3) is 5.91 Å². The molecule has 0 spiro atoms. The zero-order valence-corrected chi connectivity index (χ0v) is 11.9. The van der Waals surface area contributed by atoms with Gasteiger partial charge in [0.05, 0.1) is 6.42 Å². The lowest BCUT2D eigenvalue weighted by atomic mass is 9.87. The highest BCUT2D eigenvalue weighted by Gasteiger charge is 2.46. The second-order valence-corrected chi connectivity index (χ2v) is 5.47. The fourth-order valence-corrected chi connectivity index (χ4v) is 2.63. The van der Waals surface area contributed by atoms with Crippen molar-refractivity contribution in [2.45, 2.75) is 18.9 Å². The molecule has 0 saturated carbocycles. The lowest BCUT2D eigenvalue weighted by Gasteiger charge is -2.20. The van der Waals surface area contributed by atoms with E-state index in [0.29, 0.717) is 11.3 Å². The van der Waals surface area contributed by atoms with Gasteiger partial charge in [0.15, 0.2) is 11.4 Å². The number of fused-ring (bicyclic) bond motifs is 1. The first-order valence-corrected chi connectivity index (χ1v) is 6.84. The monoisotopic (exact) mass is 299 g/mol. The van der Waals surface area contributed by atoms with Crippen LogP contribution in [0.2, 0.25) is 0 Å². The van der Waals surface area contributed by atoms with Crippen LogP contribution >= 0.6 is 0 Å². The molecule has 0 unspecified atom stereocenters. The third kappa shape index (κ3) is 2.29. The molecule has 1 aliphatic rings. The topological polar surface area (TPSA) is 66.4 Å². The summed E-state index contributed by atoms with van der Waals surface area (Å²) >= 11 is 0. The summed E-state index contributed by atoms with van der Waals surface area (Å²) in [5.41, 5.74) is -0.0632. The first-order valence-electron chi connectivity index (χ1n) is 6.84. The van der Waals surface area contributed by atoms with Crippen LogP contribution in [0, 0.1) is 12.7 Å².